The van der Waals surface area contributed by atoms with Crippen molar-refractivity contribution in [3.05, 3.63) is 52.4 Å². The van der Waals surface area contributed by atoms with Gasteiger partial charge in [-0.1, -0.05) is 37.6 Å². The fourth-order valence-corrected chi connectivity index (χ4v) is 2.03. The van der Waals surface area contributed by atoms with Crippen LogP contribution in [0.1, 0.15) is 30.9 Å². The summed E-state index contributed by atoms with van der Waals surface area (Å²) in [5, 5.41) is 3.95. The van der Waals surface area contributed by atoms with Gasteiger partial charge in [0.1, 0.15) is 23.9 Å². The molecule has 2 aromatic rings. The van der Waals surface area contributed by atoms with Crippen LogP contribution in [-0.4, -0.2) is 6.04 Å². The normalized spacial score (nSPS) is 11.1. The quantitative estimate of drug-likeness (QED) is 0.861. The largest absolute Gasteiger partial charge is 0.487 e. The summed E-state index contributed by atoms with van der Waals surface area (Å²) in [5.41, 5.74) is 1.05. The lowest BCUT2D eigenvalue weighted by molar-refractivity contribution is 0.303. The number of rotatable bonds is 6. The third-order valence-electron chi connectivity index (χ3n) is 2.98. The van der Waals surface area contributed by atoms with Crippen molar-refractivity contribution in [1.29, 1.82) is 0 Å². The van der Waals surface area contributed by atoms with Crippen molar-refractivity contribution in [3.63, 3.8) is 0 Å². The maximum Gasteiger partial charge on any atom is 0.138 e. The van der Waals surface area contributed by atoms with Gasteiger partial charge in [-0.05, 0) is 25.1 Å². The molecule has 0 bridgehead atoms. The number of para-hydroxylation sites is 1. The summed E-state index contributed by atoms with van der Waals surface area (Å²) in [6.07, 6.45) is 0. The highest BCUT2D eigenvalue weighted by atomic mass is 35.5. The van der Waals surface area contributed by atoms with Crippen molar-refractivity contribution < 1.29 is 9.15 Å². The monoisotopic (exact) mass is 293 g/mol. The zero-order chi connectivity index (χ0) is 14.5. The Morgan fingerprint density at radius 3 is 2.75 bits per heavy atom. The molecular weight excluding hydrogens is 274 g/mol. The molecule has 1 aromatic heterocycles. The molecule has 108 valence electrons. The molecule has 0 unspecified atom stereocenters. The van der Waals surface area contributed by atoms with E-state index in [0.29, 0.717) is 23.4 Å². The lowest BCUT2D eigenvalue weighted by atomic mass is 10.2. The number of furan rings is 1. The number of halogens is 1. The highest BCUT2D eigenvalue weighted by Gasteiger charge is 2.09. The van der Waals surface area contributed by atoms with E-state index in [4.69, 9.17) is 20.8 Å². The van der Waals surface area contributed by atoms with E-state index < -0.39 is 0 Å². The lowest BCUT2D eigenvalue weighted by Gasteiger charge is -2.06. The van der Waals surface area contributed by atoms with Crippen LogP contribution in [0.2, 0.25) is 5.02 Å². The smallest absolute Gasteiger partial charge is 0.138 e. The van der Waals surface area contributed by atoms with E-state index in [2.05, 4.69) is 19.2 Å². The predicted octanol–water partition coefficient (Wildman–Crippen LogP) is 4.32. The van der Waals surface area contributed by atoms with Crippen molar-refractivity contribution in [2.24, 2.45) is 0 Å². The standard InChI is InChI=1S/C16H20ClNO2/c1-11(2)18-9-14-8-13(12(3)20-14)10-19-16-7-5-4-6-15(16)17/h4-8,11,18H,9-10H2,1-3H3. The molecule has 0 spiro atoms. The molecule has 1 N–H and O–H groups in total. The molecular formula is C16H20ClNO2. The lowest BCUT2D eigenvalue weighted by Crippen LogP contribution is -2.21. The highest BCUT2D eigenvalue weighted by Crippen LogP contribution is 2.25. The van der Waals surface area contributed by atoms with Crippen LogP contribution in [0.15, 0.2) is 34.7 Å². The van der Waals surface area contributed by atoms with Gasteiger partial charge in [0.05, 0.1) is 11.6 Å². The molecule has 4 heteroatoms. The van der Waals surface area contributed by atoms with E-state index in [1.54, 1.807) is 0 Å². The van der Waals surface area contributed by atoms with E-state index in [-0.39, 0.29) is 0 Å². The van der Waals surface area contributed by atoms with Crippen LogP contribution in [0.25, 0.3) is 0 Å². The van der Waals surface area contributed by atoms with Crippen molar-refractivity contribution in [2.45, 2.75) is 40.0 Å². The van der Waals surface area contributed by atoms with E-state index in [0.717, 1.165) is 23.6 Å². The molecule has 3 nitrogen and oxygen atoms in total. The summed E-state index contributed by atoms with van der Waals surface area (Å²) in [4.78, 5) is 0. The third kappa shape index (κ3) is 4.02. The minimum Gasteiger partial charge on any atom is -0.487 e. The van der Waals surface area contributed by atoms with Gasteiger partial charge in [0.15, 0.2) is 0 Å². The molecule has 0 radical (unpaired) electrons. The molecule has 0 amide bonds. The van der Waals surface area contributed by atoms with Gasteiger partial charge in [0.2, 0.25) is 0 Å². The van der Waals surface area contributed by atoms with Crippen molar-refractivity contribution in [2.75, 3.05) is 0 Å². The second-order valence-electron chi connectivity index (χ2n) is 5.05. The number of ether oxygens (including phenoxy) is 1. The fourth-order valence-electron chi connectivity index (χ4n) is 1.84. The Balaban J connectivity index is 1.98. The summed E-state index contributed by atoms with van der Waals surface area (Å²) >= 11 is 6.06. The molecule has 0 atom stereocenters. The molecule has 0 aliphatic rings. The average Bonchev–Trinajstić information content (AvgIpc) is 2.76. The van der Waals surface area contributed by atoms with Gasteiger partial charge in [0.25, 0.3) is 0 Å². The molecule has 2 rings (SSSR count). The van der Waals surface area contributed by atoms with E-state index in [1.165, 1.54) is 0 Å². The second kappa shape index (κ2) is 6.82. The van der Waals surface area contributed by atoms with Crippen LogP contribution in [0.5, 0.6) is 5.75 Å². The maximum atomic E-state index is 6.06. The number of benzene rings is 1. The molecule has 20 heavy (non-hydrogen) atoms. The van der Waals surface area contributed by atoms with Crippen molar-refractivity contribution >= 4 is 11.6 Å². The van der Waals surface area contributed by atoms with Gasteiger partial charge in [-0.3, -0.25) is 0 Å². The Labute approximate surface area is 124 Å². The van der Waals surface area contributed by atoms with Gasteiger partial charge < -0.3 is 14.5 Å². The van der Waals surface area contributed by atoms with Gasteiger partial charge in [-0.25, -0.2) is 0 Å². The second-order valence-corrected chi connectivity index (χ2v) is 5.46. The Morgan fingerprint density at radius 1 is 1.30 bits per heavy atom. The summed E-state index contributed by atoms with van der Waals surface area (Å²) in [6.45, 7) is 7.35. The number of nitrogens with one attached hydrogen (secondary N) is 1. The summed E-state index contributed by atoms with van der Waals surface area (Å²) in [5.74, 6) is 2.50. The molecule has 0 saturated heterocycles. The molecule has 0 saturated carbocycles. The minimum atomic E-state index is 0.434. The predicted molar refractivity (Wildman–Crippen MR) is 81.2 cm³/mol. The number of aryl methyl sites for hydroxylation is 1. The van der Waals surface area contributed by atoms with Crippen LogP contribution in [-0.2, 0) is 13.2 Å². The first kappa shape index (κ1) is 14.9. The van der Waals surface area contributed by atoms with E-state index in [9.17, 15) is 0 Å². The number of hydrogen-bond acceptors (Lipinski definition) is 3. The first-order chi connectivity index (χ1) is 9.56. The maximum absolute atomic E-state index is 6.06. The summed E-state index contributed by atoms with van der Waals surface area (Å²) < 4.78 is 11.4. The average molecular weight is 294 g/mol. The highest BCUT2D eigenvalue weighted by molar-refractivity contribution is 6.32. The van der Waals surface area contributed by atoms with Crippen LogP contribution < -0.4 is 10.1 Å². The van der Waals surface area contributed by atoms with Crippen LogP contribution in [0, 0.1) is 6.92 Å². The van der Waals surface area contributed by atoms with Gasteiger partial charge in [0, 0.05) is 11.6 Å². The first-order valence-electron chi connectivity index (χ1n) is 6.75. The Hall–Kier alpha value is -1.45. The Kier molecular flexibility index (Phi) is 5.10. The summed E-state index contributed by atoms with van der Waals surface area (Å²) in [7, 11) is 0. The van der Waals surface area contributed by atoms with Gasteiger partial charge >= 0.3 is 0 Å². The van der Waals surface area contributed by atoms with Crippen molar-refractivity contribution in [1.82, 2.24) is 5.32 Å². The van der Waals surface area contributed by atoms with Crippen molar-refractivity contribution in [3.8, 4) is 5.75 Å². The summed E-state index contributed by atoms with van der Waals surface area (Å²) in [6, 6.07) is 9.93. The topological polar surface area (TPSA) is 34.4 Å². The van der Waals surface area contributed by atoms with Gasteiger partial charge in [-0.2, -0.15) is 0 Å². The molecule has 0 aliphatic heterocycles. The number of hydrogen-bond donors (Lipinski definition) is 1. The molecule has 0 fully saturated rings. The minimum absolute atomic E-state index is 0.434. The van der Waals surface area contributed by atoms with Crippen LogP contribution in [0.3, 0.4) is 0 Å². The fraction of sp³-hybridized carbons (Fsp3) is 0.375. The zero-order valence-electron chi connectivity index (χ0n) is 12.1. The first-order valence-corrected chi connectivity index (χ1v) is 7.13. The zero-order valence-corrected chi connectivity index (χ0v) is 12.8. The SMILES string of the molecule is Cc1oc(CNC(C)C)cc1COc1ccccc1Cl. The Bertz CT molecular complexity index is 563. The van der Waals surface area contributed by atoms with Crippen LogP contribution >= 0.6 is 11.6 Å². The molecule has 1 aromatic carbocycles. The molecule has 1 heterocycles. The van der Waals surface area contributed by atoms with E-state index in [1.807, 2.05) is 37.3 Å². The Morgan fingerprint density at radius 2 is 2.05 bits per heavy atom. The third-order valence-corrected chi connectivity index (χ3v) is 3.29. The van der Waals surface area contributed by atoms with E-state index >= 15 is 0 Å². The van der Waals surface area contributed by atoms with Gasteiger partial charge in [-0.15, -0.1) is 0 Å². The molecule has 0 aliphatic carbocycles. The van der Waals surface area contributed by atoms with Crippen LogP contribution in [0.4, 0.5) is 0 Å².